The molecule has 6 nitrogen and oxygen atoms in total. The number of carbonyl (C=O) groups excluding carboxylic acids is 1. The monoisotopic (exact) mass is 431 g/mol. The van der Waals surface area contributed by atoms with Crippen LogP contribution >= 0.6 is 11.3 Å². The minimum absolute atomic E-state index is 0.178. The third kappa shape index (κ3) is 3.72. The highest BCUT2D eigenvalue weighted by atomic mass is 32.1. The fourth-order valence-corrected chi connectivity index (χ4v) is 5.89. The number of hydrogen-bond donors (Lipinski definition) is 2. The van der Waals surface area contributed by atoms with E-state index < -0.39 is 0 Å². The Morgan fingerprint density at radius 3 is 2.81 bits per heavy atom. The number of thiophene rings is 1. The molecular formula is C24H25N5OS. The lowest BCUT2D eigenvalue weighted by molar-refractivity contribution is 0.0959. The van der Waals surface area contributed by atoms with E-state index in [1.165, 1.54) is 24.2 Å². The van der Waals surface area contributed by atoms with Crippen LogP contribution in [0, 0.1) is 30.1 Å². The van der Waals surface area contributed by atoms with E-state index in [0.717, 1.165) is 57.7 Å². The van der Waals surface area contributed by atoms with Gasteiger partial charge in [-0.2, -0.15) is 5.26 Å². The van der Waals surface area contributed by atoms with Crippen molar-refractivity contribution >= 4 is 38.8 Å². The third-order valence-corrected chi connectivity index (χ3v) is 7.57. The summed E-state index contributed by atoms with van der Waals surface area (Å²) in [6.07, 6.45) is 3.35. The number of fused-ring (bicyclic) bond motifs is 3. The molecule has 2 saturated heterocycles. The summed E-state index contributed by atoms with van der Waals surface area (Å²) in [7, 11) is 0. The normalized spacial score (nSPS) is 19.7. The van der Waals surface area contributed by atoms with Crippen molar-refractivity contribution in [2.24, 2.45) is 11.8 Å². The fourth-order valence-electron chi connectivity index (χ4n) is 4.83. The lowest BCUT2D eigenvalue weighted by Gasteiger charge is -2.48. The number of hydrogen-bond acceptors (Lipinski definition) is 6. The van der Waals surface area contributed by atoms with Crippen LogP contribution in [0.3, 0.4) is 0 Å². The molecule has 2 bridgehead atoms. The number of aromatic nitrogens is 1. The van der Waals surface area contributed by atoms with Gasteiger partial charge < -0.3 is 16.0 Å². The molecule has 0 radical (unpaired) electrons. The standard InChI is InChI=1S/C24H25N5OS/c1-14-2-4-19-21(26)22(31-24(19)28-14)23(30)27-7-6-15-3-5-20(18(10-15)11-25)29-12-16-8-17(9-16)13-29/h2-5,10,16-17H,6-9,12-13,26H2,1H3,(H,27,30). The molecule has 3 N–H and O–H groups in total. The molecule has 2 aliphatic heterocycles. The molecule has 1 aromatic carbocycles. The quantitative estimate of drug-likeness (QED) is 0.639. The van der Waals surface area contributed by atoms with Gasteiger partial charge in [-0.3, -0.25) is 4.79 Å². The topological polar surface area (TPSA) is 95.0 Å². The minimum Gasteiger partial charge on any atom is -0.397 e. The van der Waals surface area contributed by atoms with Crippen LogP contribution in [0.5, 0.6) is 0 Å². The molecule has 7 heteroatoms. The number of nitrogens with zero attached hydrogens (tertiary/aromatic N) is 3. The van der Waals surface area contributed by atoms with Crippen molar-refractivity contribution in [3.63, 3.8) is 0 Å². The summed E-state index contributed by atoms with van der Waals surface area (Å²) in [4.78, 5) is 20.8. The molecule has 6 rings (SSSR count). The third-order valence-electron chi connectivity index (χ3n) is 6.45. The predicted octanol–water partition coefficient (Wildman–Crippen LogP) is 3.88. The Kier molecular flexibility index (Phi) is 5.03. The zero-order valence-electron chi connectivity index (χ0n) is 17.5. The Hall–Kier alpha value is -3.11. The number of carbonyl (C=O) groups is 1. The summed E-state index contributed by atoms with van der Waals surface area (Å²) in [5.74, 6) is 1.41. The average Bonchev–Trinajstić information content (AvgIpc) is 3.08. The van der Waals surface area contributed by atoms with Crippen molar-refractivity contribution in [1.29, 1.82) is 5.26 Å². The Morgan fingerprint density at radius 2 is 2.06 bits per heavy atom. The second kappa shape index (κ2) is 7.86. The van der Waals surface area contributed by atoms with Crippen LogP contribution < -0.4 is 16.0 Å². The summed E-state index contributed by atoms with van der Waals surface area (Å²) in [5.41, 5.74) is 10.4. The van der Waals surface area contributed by atoms with E-state index in [9.17, 15) is 10.1 Å². The van der Waals surface area contributed by atoms with Crippen LogP contribution in [0.1, 0.15) is 39.3 Å². The molecular weight excluding hydrogens is 406 g/mol. The van der Waals surface area contributed by atoms with Gasteiger partial charge in [-0.25, -0.2) is 4.98 Å². The molecule has 3 fully saturated rings. The van der Waals surface area contributed by atoms with Gasteiger partial charge in [0.1, 0.15) is 15.8 Å². The number of nitrogens with one attached hydrogen (secondary N) is 1. The molecule has 2 aromatic heterocycles. The fraction of sp³-hybridized carbons (Fsp3) is 0.375. The molecule has 31 heavy (non-hydrogen) atoms. The second-order valence-corrected chi connectivity index (χ2v) is 9.73. The Balaban J connectivity index is 1.24. The molecule has 0 atom stereocenters. The molecule has 158 valence electrons. The Morgan fingerprint density at radius 1 is 1.29 bits per heavy atom. The molecule has 0 spiro atoms. The first kappa shape index (κ1) is 19.8. The number of rotatable bonds is 5. The highest BCUT2D eigenvalue weighted by molar-refractivity contribution is 7.21. The second-order valence-electron chi connectivity index (χ2n) is 8.73. The number of pyridine rings is 1. The van der Waals surface area contributed by atoms with Gasteiger partial charge in [0.2, 0.25) is 0 Å². The van der Waals surface area contributed by atoms with Crippen LogP contribution in [-0.2, 0) is 6.42 Å². The summed E-state index contributed by atoms with van der Waals surface area (Å²) < 4.78 is 0. The van der Waals surface area contributed by atoms with E-state index in [4.69, 9.17) is 5.73 Å². The summed E-state index contributed by atoms with van der Waals surface area (Å²) in [6, 6.07) is 12.3. The van der Waals surface area contributed by atoms with E-state index in [0.29, 0.717) is 23.5 Å². The number of nitrogens with two attached hydrogens (primary N) is 1. The molecule has 3 aliphatic rings. The SMILES string of the molecule is Cc1ccc2c(N)c(C(=O)NCCc3ccc(N4CC5CC(C5)C4)c(C#N)c3)sc2n1. The van der Waals surface area contributed by atoms with E-state index in [-0.39, 0.29) is 5.91 Å². The molecule has 4 heterocycles. The zero-order chi connectivity index (χ0) is 21.5. The van der Waals surface area contributed by atoms with Crippen molar-refractivity contribution in [2.45, 2.75) is 26.2 Å². The highest BCUT2D eigenvalue weighted by Gasteiger charge is 2.37. The van der Waals surface area contributed by atoms with Crippen LogP contribution in [0.4, 0.5) is 11.4 Å². The van der Waals surface area contributed by atoms with Gasteiger partial charge in [0.05, 0.1) is 16.9 Å². The highest BCUT2D eigenvalue weighted by Crippen LogP contribution is 2.41. The summed E-state index contributed by atoms with van der Waals surface area (Å²) in [5, 5.41) is 13.5. The van der Waals surface area contributed by atoms with Gasteiger partial charge in [0.15, 0.2) is 0 Å². The Bertz CT molecular complexity index is 1190. The van der Waals surface area contributed by atoms with Gasteiger partial charge in [-0.05, 0) is 67.9 Å². The van der Waals surface area contributed by atoms with E-state index in [1.807, 2.05) is 25.1 Å². The number of piperidine rings is 2. The maximum absolute atomic E-state index is 12.7. The minimum atomic E-state index is -0.178. The van der Waals surface area contributed by atoms with Crippen molar-refractivity contribution in [3.8, 4) is 6.07 Å². The first-order valence-electron chi connectivity index (χ1n) is 10.7. The number of aryl methyl sites for hydroxylation is 1. The summed E-state index contributed by atoms with van der Waals surface area (Å²) in [6.45, 7) is 4.53. The number of amides is 1. The van der Waals surface area contributed by atoms with Gasteiger partial charge in [0.25, 0.3) is 5.91 Å². The predicted molar refractivity (Wildman–Crippen MR) is 124 cm³/mol. The van der Waals surface area contributed by atoms with Gasteiger partial charge in [-0.1, -0.05) is 6.07 Å². The largest absolute Gasteiger partial charge is 0.397 e. The molecule has 3 aromatic rings. The first-order chi connectivity index (χ1) is 15.0. The van der Waals surface area contributed by atoms with Crippen molar-refractivity contribution in [3.05, 3.63) is 52.0 Å². The maximum atomic E-state index is 12.7. The number of nitrogen functional groups attached to an aromatic ring is 1. The van der Waals surface area contributed by atoms with Crippen LogP contribution in [0.15, 0.2) is 30.3 Å². The van der Waals surface area contributed by atoms with Crippen LogP contribution in [0.2, 0.25) is 0 Å². The zero-order valence-corrected chi connectivity index (χ0v) is 18.3. The van der Waals surface area contributed by atoms with Crippen molar-refractivity contribution in [1.82, 2.24) is 10.3 Å². The van der Waals surface area contributed by atoms with Gasteiger partial charge in [-0.15, -0.1) is 11.3 Å². The smallest absolute Gasteiger partial charge is 0.263 e. The van der Waals surface area contributed by atoms with E-state index in [1.54, 1.807) is 0 Å². The lowest BCUT2D eigenvalue weighted by atomic mass is 9.71. The molecule has 1 amide bonds. The van der Waals surface area contributed by atoms with Crippen LogP contribution in [-0.4, -0.2) is 30.5 Å². The Labute approximate surface area is 185 Å². The maximum Gasteiger partial charge on any atom is 0.263 e. The van der Waals surface area contributed by atoms with Gasteiger partial charge >= 0.3 is 0 Å². The summed E-state index contributed by atoms with van der Waals surface area (Å²) >= 11 is 1.32. The van der Waals surface area contributed by atoms with Crippen molar-refractivity contribution in [2.75, 3.05) is 30.3 Å². The number of nitriles is 1. The molecule has 0 unspecified atom stereocenters. The number of benzene rings is 1. The first-order valence-corrected chi connectivity index (χ1v) is 11.5. The van der Waals surface area contributed by atoms with Crippen molar-refractivity contribution < 1.29 is 4.79 Å². The lowest BCUT2D eigenvalue weighted by Crippen LogP contribution is -2.48. The van der Waals surface area contributed by atoms with Crippen LogP contribution in [0.25, 0.3) is 10.2 Å². The molecule has 1 aliphatic carbocycles. The van der Waals surface area contributed by atoms with E-state index >= 15 is 0 Å². The van der Waals surface area contributed by atoms with Gasteiger partial charge in [0, 0.05) is 30.7 Å². The average molecular weight is 432 g/mol. The van der Waals surface area contributed by atoms with E-state index in [2.05, 4.69) is 33.4 Å². The number of anilines is 2. The molecule has 1 saturated carbocycles.